The van der Waals surface area contributed by atoms with E-state index in [1.165, 1.54) is 15.8 Å². The second kappa shape index (κ2) is 3.63. The molecule has 1 fully saturated rings. The molecule has 82 valence electrons. The molecule has 1 aliphatic rings. The highest BCUT2D eigenvalue weighted by molar-refractivity contribution is 5.94. The molecule has 0 saturated carbocycles. The first-order valence-corrected chi connectivity index (χ1v) is 4.72. The lowest BCUT2D eigenvalue weighted by Gasteiger charge is -2.13. The maximum atomic E-state index is 11.8. The molecule has 2 heterocycles. The number of nitrogens with zero attached hydrogens (tertiary/aromatic N) is 3. The number of hydrogen-bond donors (Lipinski definition) is 2. The number of carbonyl (C=O) groups excluding carboxylic acids is 1. The third-order valence-corrected chi connectivity index (χ3v) is 2.50. The van der Waals surface area contributed by atoms with E-state index in [2.05, 4.69) is 5.10 Å². The molecule has 0 radical (unpaired) electrons. The van der Waals surface area contributed by atoms with E-state index in [-0.39, 0.29) is 19.0 Å². The minimum atomic E-state index is -0.842. The molecule has 0 bridgehead atoms. The van der Waals surface area contributed by atoms with Crippen molar-refractivity contribution in [1.29, 1.82) is 0 Å². The van der Waals surface area contributed by atoms with E-state index in [1.807, 2.05) is 0 Å². The van der Waals surface area contributed by atoms with Gasteiger partial charge in [0.15, 0.2) is 0 Å². The largest absolute Gasteiger partial charge is 0.388 e. The molecule has 2 N–H and O–H groups in total. The molecular weight excluding hydrogens is 198 g/mol. The molecule has 6 heteroatoms. The second-order valence-electron chi connectivity index (χ2n) is 3.75. The van der Waals surface area contributed by atoms with Gasteiger partial charge >= 0.3 is 0 Å². The van der Waals surface area contributed by atoms with Crippen molar-refractivity contribution < 1.29 is 15.0 Å². The van der Waals surface area contributed by atoms with Gasteiger partial charge in [-0.05, 0) is 0 Å². The number of β-amino-alcohol motifs (C(OH)–C–C–N with tert-alkyl or cyclic N) is 2. The Hall–Kier alpha value is -1.40. The van der Waals surface area contributed by atoms with Gasteiger partial charge in [0.25, 0.3) is 5.91 Å². The summed E-state index contributed by atoms with van der Waals surface area (Å²) in [7, 11) is 1.73. The molecule has 15 heavy (non-hydrogen) atoms. The summed E-state index contributed by atoms with van der Waals surface area (Å²) in [6.07, 6.45) is 1.40. The van der Waals surface area contributed by atoms with Crippen LogP contribution in [-0.4, -0.2) is 56.1 Å². The van der Waals surface area contributed by atoms with E-state index in [4.69, 9.17) is 0 Å². The number of aliphatic hydroxyl groups excluding tert-OH is 2. The Morgan fingerprint density at radius 2 is 2.07 bits per heavy atom. The Morgan fingerprint density at radius 1 is 1.47 bits per heavy atom. The first kappa shape index (κ1) is 10.1. The van der Waals surface area contributed by atoms with Crippen LogP contribution in [0.3, 0.4) is 0 Å². The van der Waals surface area contributed by atoms with Gasteiger partial charge in [-0.3, -0.25) is 9.48 Å². The summed E-state index contributed by atoms with van der Waals surface area (Å²) in [5.41, 5.74) is 0.471. The summed E-state index contributed by atoms with van der Waals surface area (Å²) in [4.78, 5) is 13.2. The number of aryl methyl sites for hydroxylation is 1. The summed E-state index contributed by atoms with van der Waals surface area (Å²) >= 11 is 0. The average molecular weight is 211 g/mol. The molecule has 0 spiro atoms. The highest BCUT2D eigenvalue weighted by Gasteiger charge is 2.33. The summed E-state index contributed by atoms with van der Waals surface area (Å²) in [6.45, 7) is 0.351. The predicted molar refractivity (Wildman–Crippen MR) is 51.1 cm³/mol. The van der Waals surface area contributed by atoms with Crippen molar-refractivity contribution in [3.8, 4) is 0 Å². The first-order chi connectivity index (χ1) is 7.08. The summed E-state index contributed by atoms with van der Waals surface area (Å²) in [6, 6.07) is 0. The zero-order valence-electron chi connectivity index (χ0n) is 8.37. The van der Waals surface area contributed by atoms with Gasteiger partial charge < -0.3 is 15.1 Å². The zero-order chi connectivity index (χ0) is 11.0. The van der Waals surface area contributed by atoms with Gasteiger partial charge in [0.05, 0.1) is 24.0 Å². The third-order valence-electron chi connectivity index (χ3n) is 2.50. The van der Waals surface area contributed by atoms with E-state index in [9.17, 15) is 15.0 Å². The van der Waals surface area contributed by atoms with Crippen LogP contribution in [0.4, 0.5) is 0 Å². The Bertz CT molecular complexity index is 366. The van der Waals surface area contributed by atoms with Crippen LogP contribution in [0, 0.1) is 0 Å². The second-order valence-corrected chi connectivity index (χ2v) is 3.75. The van der Waals surface area contributed by atoms with Crippen molar-refractivity contribution in [3.63, 3.8) is 0 Å². The van der Waals surface area contributed by atoms with Crippen molar-refractivity contribution >= 4 is 5.91 Å². The van der Waals surface area contributed by atoms with Gasteiger partial charge in [-0.1, -0.05) is 0 Å². The predicted octanol–water partition coefficient (Wildman–Crippen LogP) is -1.40. The van der Waals surface area contributed by atoms with Crippen LogP contribution in [0.25, 0.3) is 0 Å². The van der Waals surface area contributed by atoms with E-state index < -0.39 is 12.2 Å². The van der Waals surface area contributed by atoms with Crippen molar-refractivity contribution in [2.45, 2.75) is 12.2 Å². The Morgan fingerprint density at radius 3 is 2.53 bits per heavy atom. The van der Waals surface area contributed by atoms with Crippen LogP contribution in [0.5, 0.6) is 0 Å². The molecule has 6 nitrogen and oxygen atoms in total. The fourth-order valence-corrected chi connectivity index (χ4v) is 1.65. The topological polar surface area (TPSA) is 78.6 Å². The standard InChI is InChI=1S/C9H13N3O3/c1-11-3-6(2-10-11)9(15)12-4-7(13)8(14)5-12/h2-3,7-8,13-14H,4-5H2,1H3. The van der Waals surface area contributed by atoms with Crippen LogP contribution in [-0.2, 0) is 7.05 Å². The molecule has 2 unspecified atom stereocenters. The van der Waals surface area contributed by atoms with Crippen LogP contribution < -0.4 is 0 Å². The van der Waals surface area contributed by atoms with Crippen molar-refractivity contribution in [2.75, 3.05) is 13.1 Å². The average Bonchev–Trinajstić information content (AvgIpc) is 2.74. The first-order valence-electron chi connectivity index (χ1n) is 4.72. The van der Waals surface area contributed by atoms with Crippen molar-refractivity contribution in [1.82, 2.24) is 14.7 Å². The highest BCUT2D eigenvalue weighted by atomic mass is 16.3. The zero-order valence-corrected chi connectivity index (χ0v) is 8.37. The maximum absolute atomic E-state index is 11.8. The minimum absolute atomic E-state index is 0.175. The van der Waals surface area contributed by atoms with Crippen LogP contribution in [0.2, 0.25) is 0 Å². The fraction of sp³-hybridized carbons (Fsp3) is 0.556. The molecule has 1 aromatic rings. The van der Waals surface area contributed by atoms with Gasteiger partial charge in [0.2, 0.25) is 0 Å². The molecule has 0 aliphatic carbocycles. The summed E-state index contributed by atoms with van der Waals surface area (Å²) < 4.78 is 1.54. The summed E-state index contributed by atoms with van der Waals surface area (Å²) in [5, 5.41) is 22.5. The number of aliphatic hydroxyl groups is 2. The molecule has 1 aromatic heterocycles. The lowest BCUT2D eigenvalue weighted by Crippen LogP contribution is -2.29. The van der Waals surface area contributed by atoms with E-state index in [1.54, 1.807) is 13.2 Å². The SMILES string of the molecule is Cn1cc(C(=O)N2CC(O)C(O)C2)cn1. The Balaban J connectivity index is 2.10. The van der Waals surface area contributed by atoms with Crippen molar-refractivity contribution in [2.24, 2.45) is 7.05 Å². The number of rotatable bonds is 1. The molecule has 2 rings (SSSR count). The monoisotopic (exact) mass is 211 g/mol. The van der Waals surface area contributed by atoms with E-state index in [0.717, 1.165) is 0 Å². The quantitative estimate of drug-likeness (QED) is 0.598. The summed E-state index contributed by atoms with van der Waals surface area (Å²) in [5.74, 6) is -0.210. The fourth-order valence-electron chi connectivity index (χ4n) is 1.65. The number of likely N-dealkylation sites (tertiary alicyclic amines) is 1. The molecule has 1 amide bonds. The van der Waals surface area contributed by atoms with E-state index in [0.29, 0.717) is 5.56 Å². The lowest BCUT2D eigenvalue weighted by atomic mass is 10.3. The number of amides is 1. The van der Waals surface area contributed by atoms with Crippen LogP contribution in [0.1, 0.15) is 10.4 Å². The Kier molecular flexibility index (Phi) is 2.45. The minimum Gasteiger partial charge on any atom is -0.388 e. The normalized spacial score (nSPS) is 25.9. The lowest BCUT2D eigenvalue weighted by molar-refractivity contribution is 0.0572. The maximum Gasteiger partial charge on any atom is 0.257 e. The Labute approximate surface area is 86.7 Å². The van der Waals surface area contributed by atoms with Crippen molar-refractivity contribution in [3.05, 3.63) is 18.0 Å². The van der Waals surface area contributed by atoms with Gasteiger partial charge in [-0.2, -0.15) is 5.10 Å². The number of carbonyl (C=O) groups is 1. The molecule has 0 aromatic carbocycles. The molecule has 1 saturated heterocycles. The number of hydrogen-bond acceptors (Lipinski definition) is 4. The van der Waals surface area contributed by atoms with Crippen LogP contribution in [0.15, 0.2) is 12.4 Å². The molecule has 2 atom stereocenters. The van der Waals surface area contributed by atoms with Gasteiger partial charge in [0.1, 0.15) is 0 Å². The third kappa shape index (κ3) is 1.86. The smallest absolute Gasteiger partial charge is 0.257 e. The molecule has 1 aliphatic heterocycles. The number of aromatic nitrogens is 2. The van der Waals surface area contributed by atoms with Gasteiger partial charge in [-0.25, -0.2) is 0 Å². The molecular formula is C9H13N3O3. The van der Waals surface area contributed by atoms with Gasteiger partial charge in [-0.15, -0.1) is 0 Å². The van der Waals surface area contributed by atoms with Crippen LogP contribution >= 0.6 is 0 Å². The highest BCUT2D eigenvalue weighted by Crippen LogP contribution is 2.13. The van der Waals surface area contributed by atoms with Gasteiger partial charge in [0, 0.05) is 26.3 Å². The van der Waals surface area contributed by atoms with E-state index >= 15 is 0 Å².